The highest BCUT2D eigenvalue weighted by molar-refractivity contribution is 8.00. The molecule has 0 spiro atoms. The molecular formula is C33H35N5O4S. The van der Waals surface area contributed by atoms with Crippen LogP contribution in [0.3, 0.4) is 0 Å². The molecule has 0 saturated carbocycles. The van der Waals surface area contributed by atoms with Crippen molar-refractivity contribution < 1.29 is 19.4 Å². The average Bonchev–Trinajstić information content (AvgIpc) is 3.24. The largest absolute Gasteiger partial charge is 0.494 e. The first-order valence-electron chi connectivity index (χ1n) is 13.9. The van der Waals surface area contributed by atoms with E-state index in [9.17, 15) is 9.90 Å². The number of methoxy groups -OCH3 is 1. The first kappa shape index (κ1) is 30.0. The van der Waals surface area contributed by atoms with Crippen molar-refractivity contribution in [2.24, 2.45) is 7.05 Å². The van der Waals surface area contributed by atoms with Crippen molar-refractivity contribution in [3.05, 3.63) is 89.9 Å². The molecule has 3 heterocycles. The number of nitrogens with zero attached hydrogens (tertiary/aromatic N) is 5. The van der Waals surface area contributed by atoms with Crippen molar-refractivity contribution in [2.75, 3.05) is 7.11 Å². The van der Waals surface area contributed by atoms with Crippen LogP contribution in [0.25, 0.3) is 22.3 Å². The van der Waals surface area contributed by atoms with Gasteiger partial charge in [-0.1, -0.05) is 45.0 Å². The molecule has 1 N–H and O–H groups in total. The minimum Gasteiger partial charge on any atom is -0.494 e. The van der Waals surface area contributed by atoms with Crippen LogP contribution in [0.1, 0.15) is 49.3 Å². The lowest BCUT2D eigenvalue weighted by molar-refractivity contribution is -0.139. The molecule has 5 rings (SSSR count). The second-order valence-electron chi connectivity index (χ2n) is 11.3. The highest BCUT2D eigenvalue weighted by atomic mass is 32.2. The molecule has 222 valence electrons. The molecule has 0 bridgehead atoms. The normalized spacial score (nSPS) is 12.3. The van der Waals surface area contributed by atoms with E-state index >= 15 is 0 Å². The lowest BCUT2D eigenvalue weighted by Gasteiger charge is -2.22. The van der Waals surface area contributed by atoms with Crippen molar-refractivity contribution in [1.29, 1.82) is 0 Å². The number of hydrogen-bond donors (Lipinski definition) is 1. The summed E-state index contributed by atoms with van der Waals surface area (Å²) in [6, 6.07) is 13.6. The van der Waals surface area contributed by atoms with Crippen LogP contribution in [-0.4, -0.2) is 47.4 Å². The molecule has 3 aromatic heterocycles. The lowest BCUT2D eigenvalue weighted by Crippen LogP contribution is -2.19. The van der Waals surface area contributed by atoms with Gasteiger partial charge in [0, 0.05) is 45.0 Å². The van der Waals surface area contributed by atoms with Crippen LogP contribution in [0.2, 0.25) is 0 Å². The van der Waals surface area contributed by atoms with Crippen molar-refractivity contribution in [3.63, 3.8) is 0 Å². The molecule has 2 aromatic carbocycles. The van der Waals surface area contributed by atoms with E-state index in [0.29, 0.717) is 23.7 Å². The molecule has 1 unspecified atom stereocenters. The monoisotopic (exact) mass is 597 g/mol. The van der Waals surface area contributed by atoms with Crippen molar-refractivity contribution >= 4 is 28.6 Å². The summed E-state index contributed by atoms with van der Waals surface area (Å²) < 4.78 is 13.1. The molecule has 0 aliphatic carbocycles. The Hall–Kier alpha value is -4.44. The summed E-state index contributed by atoms with van der Waals surface area (Å²) in [5.74, 6) is 0.206. The second-order valence-corrected chi connectivity index (χ2v) is 13.2. The number of carbonyl (C=O) groups is 1. The molecule has 5 aromatic rings. The van der Waals surface area contributed by atoms with Gasteiger partial charge in [-0.3, -0.25) is 14.8 Å². The van der Waals surface area contributed by atoms with Crippen LogP contribution in [0, 0.1) is 6.92 Å². The number of rotatable bonds is 10. The first-order chi connectivity index (χ1) is 20.5. The highest BCUT2D eigenvalue weighted by Crippen LogP contribution is 2.45. The van der Waals surface area contributed by atoms with Gasteiger partial charge < -0.3 is 19.1 Å². The van der Waals surface area contributed by atoms with Gasteiger partial charge in [0.05, 0.1) is 37.1 Å². The van der Waals surface area contributed by atoms with Crippen LogP contribution in [0.15, 0.2) is 72.1 Å². The molecular weight excluding hydrogens is 562 g/mol. The maximum absolute atomic E-state index is 12.9. The van der Waals surface area contributed by atoms with Gasteiger partial charge in [-0.15, -0.1) is 11.8 Å². The Morgan fingerprint density at radius 3 is 2.30 bits per heavy atom. The Morgan fingerprint density at radius 1 is 0.977 bits per heavy atom. The third kappa shape index (κ3) is 6.97. The van der Waals surface area contributed by atoms with Gasteiger partial charge in [0.1, 0.15) is 18.3 Å². The number of aromatic nitrogens is 5. The zero-order chi connectivity index (χ0) is 30.7. The van der Waals surface area contributed by atoms with E-state index < -0.39 is 11.9 Å². The van der Waals surface area contributed by atoms with E-state index in [0.717, 1.165) is 44.0 Å². The highest BCUT2D eigenvalue weighted by Gasteiger charge is 2.31. The first-order valence-corrected chi connectivity index (χ1v) is 14.7. The average molecular weight is 598 g/mol. The van der Waals surface area contributed by atoms with Crippen molar-refractivity contribution in [1.82, 2.24) is 24.5 Å². The number of hydrogen-bond acceptors (Lipinski definition) is 8. The van der Waals surface area contributed by atoms with Gasteiger partial charge in [0.25, 0.3) is 0 Å². The number of fused-ring (bicyclic) bond motifs is 1. The Morgan fingerprint density at radius 2 is 1.70 bits per heavy atom. The number of aryl methyl sites for hydroxylation is 2. The summed E-state index contributed by atoms with van der Waals surface area (Å²) in [5, 5.41) is 11.5. The Bertz CT molecular complexity index is 1730. The number of carboxylic acid groups (broad SMARTS) is 1. The number of thioether (sulfide) groups is 1. The third-order valence-corrected chi connectivity index (χ3v) is 8.19. The predicted molar refractivity (Wildman–Crippen MR) is 168 cm³/mol. The molecule has 0 aliphatic rings. The van der Waals surface area contributed by atoms with E-state index in [1.165, 1.54) is 0 Å². The molecule has 0 radical (unpaired) electrons. The fourth-order valence-electron chi connectivity index (χ4n) is 4.85. The van der Waals surface area contributed by atoms with Crippen LogP contribution in [-0.2, 0) is 24.9 Å². The molecule has 0 saturated heterocycles. The molecule has 0 aliphatic heterocycles. The van der Waals surface area contributed by atoms with E-state index in [4.69, 9.17) is 9.47 Å². The number of ether oxygens (including phenoxy) is 2. The SMILES string of the molecule is COc1cnc(-c2ccc(CC(C(=O)O)c3c(SC(C)(C)C)c4cc(OCc5cnc(C)cn5)ccc4n3C)cc2)nc1. The molecule has 1 atom stereocenters. The Balaban J connectivity index is 1.48. The lowest BCUT2D eigenvalue weighted by atomic mass is 9.95. The zero-order valence-electron chi connectivity index (χ0n) is 25.2. The fraction of sp³-hybridized carbons (Fsp3) is 0.303. The van der Waals surface area contributed by atoms with Gasteiger partial charge in [-0.05, 0) is 37.1 Å². The number of carboxylic acids is 1. The topological polar surface area (TPSA) is 112 Å². The summed E-state index contributed by atoms with van der Waals surface area (Å²) in [5.41, 5.74) is 5.05. The van der Waals surface area contributed by atoms with E-state index in [1.54, 1.807) is 43.7 Å². The van der Waals surface area contributed by atoms with Gasteiger partial charge in [0.15, 0.2) is 11.6 Å². The minimum atomic E-state index is -0.876. The van der Waals surface area contributed by atoms with E-state index in [1.807, 2.05) is 61.0 Å². The van der Waals surface area contributed by atoms with Gasteiger partial charge in [-0.25, -0.2) is 9.97 Å². The van der Waals surface area contributed by atoms with Crippen LogP contribution in [0.4, 0.5) is 0 Å². The van der Waals surface area contributed by atoms with Gasteiger partial charge in [0.2, 0.25) is 0 Å². The van der Waals surface area contributed by atoms with Crippen LogP contribution in [0.5, 0.6) is 11.5 Å². The third-order valence-electron chi connectivity index (χ3n) is 6.94. The summed E-state index contributed by atoms with van der Waals surface area (Å²) in [6.07, 6.45) is 7.01. The van der Waals surface area contributed by atoms with Crippen molar-refractivity contribution in [2.45, 2.75) is 56.3 Å². The number of benzene rings is 2. The smallest absolute Gasteiger partial charge is 0.312 e. The molecule has 10 heteroatoms. The minimum absolute atomic E-state index is 0.152. The summed E-state index contributed by atoms with van der Waals surface area (Å²) >= 11 is 1.67. The predicted octanol–water partition coefficient (Wildman–Crippen LogP) is 6.62. The summed E-state index contributed by atoms with van der Waals surface area (Å²) in [6.45, 7) is 8.57. The standard InChI is InChI=1S/C33H35N5O4S/c1-20-15-35-23(16-34-20)19-42-24-11-12-28-26(14-24)30(43-33(2,3)4)29(38(28)5)27(32(39)40)13-21-7-9-22(10-8-21)31-36-17-25(41-6)18-37-31/h7-12,14-18,27H,13,19H2,1-6H3,(H,39,40). The van der Waals surface area contributed by atoms with Crippen molar-refractivity contribution in [3.8, 4) is 22.9 Å². The Kier molecular flexibility index (Phi) is 8.68. The molecule has 0 fully saturated rings. The summed E-state index contributed by atoms with van der Waals surface area (Å²) in [4.78, 5) is 31.2. The van der Waals surface area contributed by atoms with E-state index in [2.05, 4.69) is 40.7 Å². The maximum atomic E-state index is 12.9. The van der Waals surface area contributed by atoms with Crippen LogP contribution >= 0.6 is 11.8 Å². The molecule has 0 amide bonds. The number of aliphatic carboxylic acids is 1. The quantitative estimate of drug-likeness (QED) is 0.177. The van der Waals surface area contributed by atoms with Gasteiger partial charge in [-0.2, -0.15) is 0 Å². The maximum Gasteiger partial charge on any atom is 0.312 e. The van der Waals surface area contributed by atoms with Gasteiger partial charge >= 0.3 is 5.97 Å². The van der Waals surface area contributed by atoms with E-state index in [-0.39, 0.29) is 11.4 Å². The molecule has 43 heavy (non-hydrogen) atoms. The zero-order valence-corrected chi connectivity index (χ0v) is 26.0. The summed E-state index contributed by atoms with van der Waals surface area (Å²) in [7, 11) is 3.51. The second kappa shape index (κ2) is 12.4. The Labute approximate surface area is 255 Å². The fourth-order valence-corrected chi connectivity index (χ4v) is 6.12. The van der Waals surface area contributed by atoms with Crippen LogP contribution < -0.4 is 9.47 Å². The molecule has 9 nitrogen and oxygen atoms in total.